The monoisotopic (exact) mass is 508 g/mol. The van der Waals surface area contributed by atoms with Gasteiger partial charge in [-0.25, -0.2) is 14.5 Å². The molecule has 1 fully saturated rings. The molecular weight excluding hydrogens is 491 g/mol. The first-order chi connectivity index (χ1) is 16.8. The number of nitrogens with zero attached hydrogens (tertiary/aromatic N) is 1. The van der Waals surface area contributed by atoms with Crippen molar-refractivity contribution in [2.45, 2.75) is 6.42 Å². The van der Waals surface area contributed by atoms with Gasteiger partial charge in [-0.2, -0.15) is 0 Å². The van der Waals surface area contributed by atoms with Crippen LogP contribution in [0.3, 0.4) is 0 Å². The Morgan fingerprint density at radius 1 is 0.943 bits per heavy atom. The maximum absolute atomic E-state index is 13.1. The molecule has 35 heavy (non-hydrogen) atoms. The minimum absolute atomic E-state index is 0.187. The van der Waals surface area contributed by atoms with E-state index in [1.165, 1.54) is 37.5 Å². The molecular formula is C26H18Cl2N2O5. The molecule has 1 saturated heterocycles. The Kier molecular flexibility index (Phi) is 7.00. The summed E-state index contributed by atoms with van der Waals surface area (Å²) < 4.78 is 4.65. The number of esters is 1. The van der Waals surface area contributed by atoms with E-state index >= 15 is 0 Å². The van der Waals surface area contributed by atoms with E-state index in [1.807, 2.05) is 18.2 Å². The summed E-state index contributed by atoms with van der Waals surface area (Å²) in [4.78, 5) is 50.4. The standard InChI is InChI=1S/C26H18Cl2N2O5/c1-35-25(33)16-8-10-19(11-9-16)30-24(32)20(23(31)29-26(30)34)12-15-6-7-18(22(28)13-15)14-17-4-2-3-5-21(17)27/h2-13H,14H2,1H3,(H,29,31,34)/b20-12+. The van der Waals surface area contributed by atoms with Crippen LogP contribution in [0.4, 0.5) is 10.5 Å². The molecule has 0 aliphatic carbocycles. The highest BCUT2D eigenvalue weighted by Crippen LogP contribution is 2.27. The summed E-state index contributed by atoms with van der Waals surface area (Å²) in [6.07, 6.45) is 1.88. The molecule has 4 amide bonds. The first-order valence-corrected chi connectivity index (χ1v) is 11.2. The zero-order chi connectivity index (χ0) is 25.1. The number of methoxy groups -OCH3 is 1. The summed E-state index contributed by atoms with van der Waals surface area (Å²) in [6, 6.07) is 17.3. The van der Waals surface area contributed by atoms with Crippen LogP contribution in [0.15, 0.2) is 72.3 Å². The van der Waals surface area contributed by atoms with Crippen molar-refractivity contribution in [1.82, 2.24) is 5.32 Å². The van der Waals surface area contributed by atoms with Crippen molar-refractivity contribution in [3.63, 3.8) is 0 Å². The normalized spacial score (nSPS) is 14.8. The van der Waals surface area contributed by atoms with E-state index in [1.54, 1.807) is 24.3 Å². The smallest absolute Gasteiger partial charge is 0.337 e. The number of halogens is 2. The van der Waals surface area contributed by atoms with E-state index in [0.717, 1.165) is 16.0 Å². The van der Waals surface area contributed by atoms with Gasteiger partial charge in [0.15, 0.2) is 0 Å². The fourth-order valence-corrected chi connectivity index (χ4v) is 4.03. The second kappa shape index (κ2) is 10.1. The molecule has 0 bridgehead atoms. The van der Waals surface area contributed by atoms with Crippen LogP contribution in [-0.4, -0.2) is 30.9 Å². The Bertz CT molecular complexity index is 1380. The van der Waals surface area contributed by atoms with Crippen LogP contribution in [0.25, 0.3) is 6.08 Å². The average Bonchev–Trinajstić information content (AvgIpc) is 2.84. The lowest BCUT2D eigenvalue weighted by atomic mass is 10.0. The summed E-state index contributed by atoms with van der Waals surface area (Å²) >= 11 is 12.7. The van der Waals surface area contributed by atoms with Crippen LogP contribution >= 0.6 is 23.2 Å². The summed E-state index contributed by atoms with van der Waals surface area (Å²) in [5.74, 6) is -2.18. The highest BCUT2D eigenvalue weighted by molar-refractivity contribution is 6.39. The Morgan fingerprint density at radius 2 is 1.63 bits per heavy atom. The van der Waals surface area contributed by atoms with Gasteiger partial charge < -0.3 is 4.74 Å². The second-order valence-corrected chi connectivity index (χ2v) is 8.43. The third-order valence-electron chi connectivity index (χ3n) is 5.38. The SMILES string of the molecule is COC(=O)c1ccc(N2C(=O)NC(=O)/C(=C\c3ccc(Cc4ccccc4Cl)c(Cl)c3)C2=O)cc1. The molecule has 1 heterocycles. The summed E-state index contributed by atoms with van der Waals surface area (Å²) in [7, 11) is 1.25. The molecule has 1 aliphatic rings. The van der Waals surface area contributed by atoms with E-state index in [0.29, 0.717) is 22.0 Å². The van der Waals surface area contributed by atoms with E-state index in [2.05, 4.69) is 10.1 Å². The number of anilines is 1. The predicted molar refractivity (Wildman–Crippen MR) is 132 cm³/mol. The number of carbonyl (C=O) groups excluding carboxylic acids is 4. The Labute approximate surface area is 210 Å². The molecule has 9 heteroatoms. The van der Waals surface area contributed by atoms with Crippen molar-refractivity contribution >= 4 is 58.8 Å². The van der Waals surface area contributed by atoms with E-state index < -0.39 is 23.8 Å². The maximum Gasteiger partial charge on any atom is 0.337 e. The van der Waals surface area contributed by atoms with Gasteiger partial charge in [0, 0.05) is 16.5 Å². The van der Waals surface area contributed by atoms with Crippen molar-refractivity contribution in [3.05, 3.63) is 105 Å². The third-order valence-corrected chi connectivity index (χ3v) is 6.10. The zero-order valence-electron chi connectivity index (χ0n) is 18.4. The highest BCUT2D eigenvalue weighted by Gasteiger charge is 2.36. The molecule has 0 radical (unpaired) electrons. The van der Waals surface area contributed by atoms with Crippen molar-refractivity contribution < 1.29 is 23.9 Å². The van der Waals surface area contributed by atoms with Crippen molar-refractivity contribution in [2.75, 3.05) is 12.0 Å². The average molecular weight is 509 g/mol. The maximum atomic E-state index is 13.1. The number of rotatable bonds is 5. The fourth-order valence-electron chi connectivity index (χ4n) is 3.57. The van der Waals surface area contributed by atoms with Crippen LogP contribution in [0.5, 0.6) is 0 Å². The molecule has 3 aromatic carbocycles. The first-order valence-electron chi connectivity index (χ1n) is 10.4. The lowest BCUT2D eigenvalue weighted by Gasteiger charge is -2.26. The van der Waals surface area contributed by atoms with Gasteiger partial charge in [0.05, 0.1) is 18.4 Å². The number of hydrogen-bond donors (Lipinski definition) is 1. The second-order valence-electron chi connectivity index (χ2n) is 7.62. The number of benzene rings is 3. The summed E-state index contributed by atoms with van der Waals surface area (Å²) in [5.41, 5.74) is 2.44. The van der Waals surface area contributed by atoms with Gasteiger partial charge in [-0.1, -0.05) is 53.5 Å². The molecule has 1 N–H and O–H groups in total. The number of carbonyl (C=O) groups is 4. The number of amides is 4. The highest BCUT2D eigenvalue weighted by atomic mass is 35.5. The summed E-state index contributed by atoms with van der Waals surface area (Å²) in [5, 5.41) is 3.23. The number of hydrogen-bond acceptors (Lipinski definition) is 5. The molecule has 0 spiro atoms. The zero-order valence-corrected chi connectivity index (χ0v) is 19.9. The van der Waals surface area contributed by atoms with Gasteiger partial charge >= 0.3 is 12.0 Å². The Balaban J connectivity index is 1.61. The molecule has 0 aromatic heterocycles. The molecule has 0 saturated carbocycles. The number of nitrogens with one attached hydrogen (secondary N) is 1. The molecule has 4 rings (SSSR count). The van der Waals surface area contributed by atoms with Crippen LogP contribution in [0.1, 0.15) is 27.0 Å². The molecule has 0 unspecified atom stereocenters. The van der Waals surface area contributed by atoms with Crippen molar-refractivity contribution in [2.24, 2.45) is 0 Å². The minimum Gasteiger partial charge on any atom is -0.465 e. The van der Waals surface area contributed by atoms with Gasteiger partial charge in [0.1, 0.15) is 5.57 Å². The van der Waals surface area contributed by atoms with Crippen LogP contribution in [0, 0.1) is 0 Å². The number of imide groups is 2. The van der Waals surface area contributed by atoms with Gasteiger partial charge in [0.2, 0.25) is 0 Å². The van der Waals surface area contributed by atoms with Gasteiger partial charge in [0.25, 0.3) is 11.8 Å². The lowest BCUT2D eigenvalue weighted by molar-refractivity contribution is -0.122. The molecule has 0 atom stereocenters. The molecule has 1 aliphatic heterocycles. The van der Waals surface area contributed by atoms with Crippen LogP contribution in [-0.2, 0) is 20.7 Å². The Morgan fingerprint density at radius 3 is 2.29 bits per heavy atom. The number of ether oxygens (including phenoxy) is 1. The number of barbiturate groups is 1. The van der Waals surface area contributed by atoms with Gasteiger partial charge in [-0.05, 0) is 59.2 Å². The van der Waals surface area contributed by atoms with Crippen molar-refractivity contribution in [3.8, 4) is 0 Å². The summed E-state index contributed by atoms with van der Waals surface area (Å²) in [6.45, 7) is 0. The van der Waals surface area contributed by atoms with Gasteiger partial charge in [-0.15, -0.1) is 0 Å². The van der Waals surface area contributed by atoms with E-state index in [4.69, 9.17) is 23.2 Å². The number of urea groups is 1. The minimum atomic E-state index is -0.893. The van der Waals surface area contributed by atoms with Crippen LogP contribution < -0.4 is 10.2 Å². The predicted octanol–water partition coefficient (Wildman–Crippen LogP) is 5.04. The lowest BCUT2D eigenvalue weighted by Crippen LogP contribution is -2.54. The van der Waals surface area contributed by atoms with Gasteiger partial charge in [-0.3, -0.25) is 14.9 Å². The van der Waals surface area contributed by atoms with E-state index in [-0.39, 0.29) is 16.8 Å². The molecule has 7 nitrogen and oxygen atoms in total. The topological polar surface area (TPSA) is 92.8 Å². The van der Waals surface area contributed by atoms with E-state index in [9.17, 15) is 19.2 Å². The van der Waals surface area contributed by atoms with Crippen LogP contribution in [0.2, 0.25) is 10.0 Å². The Hall–Kier alpha value is -3.94. The quantitative estimate of drug-likeness (QED) is 0.296. The molecule has 176 valence electrons. The fraction of sp³-hybridized carbons (Fsp3) is 0.0769. The first kappa shape index (κ1) is 24.2. The largest absolute Gasteiger partial charge is 0.465 e. The van der Waals surface area contributed by atoms with Crippen molar-refractivity contribution in [1.29, 1.82) is 0 Å². The third kappa shape index (κ3) is 5.11. The molecule has 3 aromatic rings.